The molecule has 0 fully saturated rings. The van der Waals surface area contributed by atoms with Gasteiger partial charge >= 0.3 is 0 Å². The van der Waals surface area contributed by atoms with Gasteiger partial charge in [-0.25, -0.2) is 0 Å². The Bertz CT molecular complexity index is 831. The highest BCUT2D eigenvalue weighted by Crippen LogP contribution is 2.36. The molecule has 23 heavy (non-hydrogen) atoms. The molecule has 0 saturated heterocycles. The number of benzene rings is 2. The van der Waals surface area contributed by atoms with Gasteiger partial charge in [0.15, 0.2) is 0 Å². The molecule has 0 spiro atoms. The lowest BCUT2D eigenvalue weighted by atomic mass is 9.85. The molecule has 2 aromatic carbocycles. The van der Waals surface area contributed by atoms with E-state index >= 15 is 0 Å². The largest absolute Gasteiger partial charge is 0.294 e. The fourth-order valence-corrected chi connectivity index (χ4v) is 3.52. The van der Waals surface area contributed by atoms with E-state index in [2.05, 4.69) is 33.8 Å². The summed E-state index contributed by atoms with van der Waals surface area (Å²) in [5, 5.41) is 2.01. The Morgan fingerprint density at radius 3 is 1.74 bits per heavy atom. The van der Waals surface area contributed by atoms with E-state index in [1.807, 2.05) is 19.9 Å². The predicted molar refractivity (Wildman–Crippen MR) is 96.0 cm³/mol. The summed E-state index contributed by atoms with van der Waals surface area (Å²) in [4.78, 5) is -0.0238. The van der Waals surface area contributed by atoms with E-state index in [1.54, 1.807) is 12.1 Å². The van der Waals surface area contributed by atoms with E-state index in [1.165, 1.54) is 11.1 Å². The minimum absolute atomic E-state index is 0.0238. The van der Waals surface area contributed by atoms with Gasteiger partial charge in [-0.1, -0.05) is 53.7 Å². The van der Waals surface area contributed by atoms with Gasteiger partial charge < -0.3 is 0 Å². The summed E-state index contributed by atoms with van der Waals surface area (Å²) in [6.45, 7) is 12.6. The Kier molecular flexibility index (Phi) is 4.88. The lowest BCUT2D eigenvalue weighted by Gasteiger charge is -2.20. The van der Waals surface area contributed by atoms with Crippen molar-refractivity contribution in [2.24, 2.45) is 0 Å². The first kappa shape index (κ1) is 18.0. The van der Waals surface area contributed by atoms with E-state index in [0.717, 1.165) is 16.3 Å². The molecule has 0 aliphatic carbocycles. The Balaban J connectivity index is 2.99. The molecule has 0 aliphatic heterocycles. The molecular weight excluding hydrogens is 308 g/mol. The molecule has 0 heterocycles. The van der Waals surface area contributed by atoms with Crippen LogP contribution in [0.15, 0.2) is 29.2 Å². The second-order valence-corrected chi connectivity index (χ2v) is 8.58. The van der Waals surface area contributed by atoms with Crippen molar-refractivity contribution in [2.45, 2.75) is 64.2 Å². The van der Waals surface area contributed by atoms with Crippen LogP contribution in [0.2, 0.25) is 0 Å². The molecule has 2 aromatic rings. The molecular formula is C19H26O3S. The fourth-order valence-electron chi connectivity index (χ4n) is 2.97. The Morgan fingerprint density at radius 2 is 1.30 bits per heavy atom. The molecule has 4 heteroatoms. The van der Waals surface area contributed by atoms with E-state index in [9.17, 15) is 13.0 Å². The first-order valence-electron chi connectivity index (χ1n) is 8.11. The van der Waals surface area contributed by atoms with Crippen LogP contribution in [0, 0.1) is 0 Å². The number of hydrogen-bond acceptors (Lipinski definition) is 2. The maximum Gasteiger partial charge on any atom is 0.294 e. The smallest absolute Gasteiger partial charge is 0.282 e. The van der Waals surface area contributed by atoms with E-state index in [-0.39, 0.29) is 10.8 Å². The summed E-state index contributed by atoms with van der Waals surface area (Å²) in [6, 6.07) is 7.49. The number of rotatable bonds is 4. The summed E-state index contributed by atoms with van der Waals surface area (Å²) in [5.41, 5.74) is 3.38. The van der Waals surface area contributed by atoms with Crippen molar-refractivity contribution in [3.05, 3.63) is 41.0 Å². The first-order valence-corrected chi connectivity index (χ1v) is 9.55. The molecule has 1 N–H and O–H groups in total. The lowest BCUT2D eigenvalue weighted by Crippen LogP contribution is -2.04. The predicted octanol–water partition coefficient (Wildman–Crippen LogP) is 5.46. The van der Waals surface area contributed by atoms with Gasteiger partial charge in [-0.3, -0.25) is 4.55 Å². The number of hydrogen-bond donors (Lipinski definition) is 1. The third kappa shape index (κ3) is 3.59. The Labute approximate surface area is 139 Å². The van der Waals surface area contributed by atoms with Crippen molar-refractivity contribution in [3.8, 4) is 0 Å². The van der Waals surface area contributed by atoms with Gasteiger partial charge in [-0.2, -0.15) is 8.42 Å². The maximum atomic E-state index is 11.6. The van der Waals surface area contributed by atoms with Gasteiger partial charge in [-0.15, -0.1) is 0 Å². The number of fused-ring (bicyclic) bond motifs is 1. The first-order chi connectivity index (χ1) is 10.5. The van der Waals surface area contributed by atoms with Gasteiger partial charge in [0, 0.05) is 0 Å². The SMILES string of the molecule is CC(C)c1cc(C(C)C)c2c(C(C)C)cc(S(=O)(=O)O)cc2c1. The van der Waals surface area contributed by atoms with Crippen LogP contribution in [0.4, 0.5) is 0 Å². The summed E-state index contributed by atoms with van der Waals surface area (Å²) in [5.74, 6) is 0.862. The topological polar surface area (TPSA) is 54.4 Å². The van der Waals surface area contributed by atoms with Crippen LogP contribution in [0.1, 0.15) is 76.0 Å². The minimum Gasteiger partial charge on any atom is -0.282 e. The van der Waals surface area contributed by atoms with Gasteiger partial charge in [0.25, 0.3) is 10.1 Å². The highest BCUT2D eigenvalue weighted by Gasteiger charge is 2.19. The normalized spacial score (nSPS) is 12.8. The molecule has 0 saturated carbocycles. The average Bonchev–Trinajstić information content (AvgIpc) is 2.43. The zero-order chi connectivity index (χ0) is 17.5. The van der Waals surface area contributed by atoms with Crippen LogP contribution in [0.5, 0.6) is 0 Å². The third-order valence-corrected chi connectivity index (χ3v) is 5.15. The van der Waals surface area contributed by atoms with Crippen LogP contribution in [-0.4, -0.2) is 13.0 Å². The zero-order valence-electron chi connectivity index (χ0n) is 14.7. The fraction of sp³-hybridized carbons (Fsp3) is 0.474. The van der Waals surface area contributed by atoms with Crippen LogP contribution in [0.25, 0.3) is 10.8 Å². The van der Waals surface area contributed by atoms with E-state index in [0.29, 0.717) is 11.8 Å². The molecule has 0 atom stereocenters. The zero-order valence-corrected chi connectivity index (χ0v) is 15.5. The second kappa shape index (κ2) is 6.25. The molecule has 3 nitrogen and oxygen atoms in total. The molecule has 0 unspecified atom stereocenters. The van der Waals surface area contributed by atoms with Crippen molar-refractivity contribution in [1.82, 2.24) is 0 Å². The molecule has 126 valence electrons. The van der Waals surface area contributed by atoms with Crippen molar-refractivity contribution < 1.29 is 13.0 Å². The van der Waals surface area contributed by atoms with Crippen LogP contribution >= 0.6 is 0 Å². The van der Waals surface area contributed by atoms with Crippen molar-refractivity contribution >= 4 is 20.9 Å². The van der Waals surface area contributed by atoms with E-state index in [4.69, 9.17) is 0 Å². The highest BCUT2D eigenvalue weighted by molar-refractivity contribution is 7.85. The minimum atomic E-state index is -4.22. The molecule has 0 bridgehead atoms. The average molecular weight is 334 g/mol. The van der Waals surface area contributed by atoms with Gasteiger partial charge in [0.1, 0.15) is 0 Å². The molecule has 0 aliphatic rings. The third-order valence-electron chi connectivity index (χ3n) is 4.31. The van der Waals surface area contributed by atoms with Gasteiger partial charge in [0.05, 0.1) is 4.90 Å². The quantitative estimate of drug-likeness (QED) is 0.756. The molecule has 0 radical (unpaired) electrons. The van der Waals surface area contributed by atoms with Crippen molar-refractivity contribution in [1.29, 1.82) is 0 Å². The summed E-state index contributed by atoms with van der Waals surface area (Å²) < 4.78 is 32.8. The maximum absolute atomic E-state index is 11.6. The van der Waals surface area contributed by atoms with Gasteiger partial charge in [-0.05, 0) is 57.3 Å². The Morgan fingerprint density at radius 1 is 0.783 bits per heavy atom. The standard InChI is InChI=1S/C19H26O3S/c1-11(2)14-7-15-8-16(23(20,21)22)10-18(13(5)6)19(15)17(9-14)12(3)4/h7-13H,1-6H3,(H,20,21,22). The van der Waals surface area contributed by atoms with Gasteiger partial charge in [0.2, 0.25) is 0 Å². The van der Waals surface area contributed by atoms with Crippen molar-refractivity contribution in [2.75, 3.05) is 0 Å². The van der Waals surface area contributed by atoms with Crippen LogP contribution in [0.3, 0.4) is 0 Å². The highest BCUT2D eigenvalue weighted by atomic mass is 32.2. The summed E-state index contributed by atoms with van der Waals surface area (Å²) in [7, 11) is -4.22. The van der Waals surface area contributed by atoms with Crippen LogP contribution < -0.4 is 0 Å². The lowest BCUT2D eigenvalue weighted by molar-refractivity contribution is 0.483. The Hall–Kier alpha value is -1.39. The van der Waals surface area contributed by atoms with Crippen molar-refractivity contribution in [3.63, 3.8) is 0 Å². The summed E-state index contributed by atoms with van der Waals surface area (Å²) >= 11 is 0. The van der Waals surface area contributed by atoms with Crippen LogP contribution in [-0.2, 0) is 10.1 Å². The molecule has 0 amide bonds. The summed E-state index contributed by atoms with van der Waals surface area (Å²) in [6.07, 6.45) is 0. The second-order valence-electron chi connectivity index (χ2n) is 7.16. The molecule has 0 aromatic heterocycles. The monoisotopic (exact) mass is 334 g/mol. The van der Waals surface area contributed by atoms with E-state index < -0.39 is 10.1 Å². The molecule has 2 rings (SSSR count).